The van der Waals surface area contributed by atoms with Crippen molar-refractivity contribution in [1.29, 1.82) is 0 Å². The average molecular weight is 242 g/mol. The summed E-state index contributed by atoms with van der Waals surface area (Å²) >= 11 is 1.67. The Morgan fingerprint density at radius 3 is 3.00 bits per heavy atom. The maximum Gasteiger partial charge on any atom is 0.234 e. The molecule has 0 radical (unpaired) electrons. The first-order valence-electron chi connectivity index (χ1n) is 5.23. The fraction of sp³-hybridized carbons (Fsp3) is 0.545. The summed E-state index contributed by atoms with van der Waals surface area (Å²) < 4.78 is 4.87. The number of methoxy groups -OCH3 is 1. The summed E-state index contributed by atoms with van der Waals surface area (Å²) in [6.07, 6.45) is 0. The predicted octanol–water partition coefficient (Wildman–Crippen LogP) is 0.909. The number of thiophene rings is 1. The molecule has 0 aliphatic carbocycles. The molecular weight excluding hydrogens is 224 g/mol. The minimum absolute atomic E-state index is 0.0175. The van der Waals surface area contributed by atoms with Gasteiger partial charge in [0.25, 0.3) is 0 Å². The zero-order chi connectivity index (χ0) is 11.8. The van der Waals surface area contributed by atoms with E-state index in [1.807, 2.05) is 5.38 Å². The Labute approximate surface area is 100 Å². The molecule has 4 nitrogen and oxygen atoms in total. The summed E-state index contributed by atoms with van der Waals surface area (Å²) in [6, 6.07) is 2.06. The zero-order valence-corrected chi connectivity index (χ0v) is 10.5. The normalized spacial score (nSPS) is 10.4. The van der Waals surface area contributed by atoms with Gasteiger partial charge in [-0.3, -0.25) is 4.79 Å². The molecule has 0 aliphatic heterocycles. The maximum atomic E-state index is 11.4. The van der Waals surface area contributed by atoms with E-state index in [-0.39, 0.29) is 5.91 Å². The Hall–Kier alpha value is -0.910. The molecule has 1 rings (SSSR count). The van der Waals surface area contributed by atoms with Gasteiger partial charge in [0.1, 0.15) is 0 Å². The molecule has 1 aromatic rings. The number of amides is 1. The quantitative estimate of drug-likeness (QED) is 0.699. The van der Waals surface area contributed by atoms with Gasteiger partial charge in [0.15, 0.2) is 0 Å². The average Bonchev–Trinajstić information content (AvgIpc) is 2.67. The third-order valence-corrected chi connectivity index (χ3v) is 3.21. The van der Waals surface area contributed by atoms with Crippen molar-refractivity contribution in [1.82, 2.24) is 10.6 Å². The summed E-state index contributed by atoms with van der Waals surface area (Å²) in [5.74, 6) is 0.0175. The Morgan fingerprint density at radius 2 is 2.38 bits per heavy atom. The van der Waals surface area contributed by atoms with E-state index in [1.165, 1.54) is 10.4 Å². The number of hydrogen-bond donors (Lipinski definition) is 2. The van der Waals surface area contributed by atoms with Crippen LogP contribution in [0.5, 0.6) is 0 Å². The van der Waals surface area contributed by atoms with E-state index in [4.69, 9.17) is 4.74 Å². The molecular formula is C11H18N2O2S. The van der Waals surface area contributed by atoms with Crippen LogP contribution >= 0.6 is 11.3 Å². The summed E-state index contributed by atoms with van der Waals surface area (Å²) in [5, 5.41) is 7.90. The van der Waals surface area contributed by atoms with Gasteiger partial charge in [-0.25, -0.2) is 0 Å². The fourth-order valence-electron chi connectivity index (χ4n) is 1.20. The van der Waals surface area contributed by atoms with Crippen molar-refractivity contribution in [3.8, 4) is 0 Å². The first-order valence-corrected chi connectivity index (χ1v) is 6.11. The molecule has 2 N–H and O–H groups in total. The van der Waals surface area contributed by atoms with Crippen molar-refractivity contribution in [2.75, 3.05) is 26.8 Å². The Kier molecular flexibility index (Phi) is 6.07. The van der Waals surface area contributed by atoms with E-state index in [1.54, 1.807) is 18.4 Å². The summed E-state index contributed by atoms with van der Waals surface area (Å²) in [6.45, 7) is 4.33. The van der Waals surface area contributed by atoms with Crippen LogP contribution in [0.25, 0.3) is 0 Å². The molecule has 0 saturated heterocycles. The number of carbonyl (C=O) groups is 1. The van der Waals surface area contributed by atoms with Crippen molar-refractivity contribution >= 4 is 17.2 Å². The molecule has 1 heterocycles. The second-order valence-corrected chi connectivity index (χ2v) is 4.47. The molecule has 0 aromatic carbocycles. The van der Waals surface area contributed by atoms with Gasteiger partial charge in [-0.1, -0.05) is 0 Å². The lowest BCUT2D eigenvalue weighted by Crippen LogP contribution is -2.34. The van der Waals surface area contributed by atoms with Crippen LogP contribution in [0.3, 0.4) is 0 Å². The highest BCUT2D eigenvalue weighted by molar-refractivity contribution is 7.10. The van der Waals surface area contributed by atoms with Gasteiger partial charge in [-0.2, -0.15) is 0 Å². The van der Waals surface area contributed by atoms with E-state index in [2.05, 4.69) is 23.6 Å². The van der Waals surface area contributed by atoms with Gasteiger partial charge >= 0.3 is 0 Å². The van der Waals surface area contributed by atoms with Crippen LogP contribution < -0.4 is 10.6 Å². The Morgan fingerprint density at radius 1 is 1.56 bits per heavy atom. The lowest BCUT2D eigenvalue weighted by atomic mass is 10.3. The van der Waals surface area contributed by atoms with E-state index in [9.17, 15) is 4.79 Å². The summed E-state index contributed by atoms with van der Waals surface area (Å²) in [7, 11) is 1.64. The molecule has 0 atom stereocenters. The van der Waals surface area contributed by atoms with Crippen molar-refractivity contribution in [3.05, 3.63) is 21.9 Å². The highest BCUT2D eigenvalue weighted by atomic mass is 32.1. The molecule has 0 saturated carbocycles. The SMILES string of the molecule is COCCNCC(=O)NCc1sccc1C. The molecule has 0 bridgehead atoms. The molecule has 0 aliphatic rings. The van der Waals surface area contributed by atoms with Crippen LogP contribution in [0.2, 0.25) is 0 Å². The molecule has 0 unspecified atom stereocenters. The second kappa shape index (κ2) is 7.38. The molecule has 90 valence electrons. The number of nitrogens with one attached hydrogen (secondary N) is 2. The summed E-state index contributed by atoms with van der Waals surface area (Å²) in [4.78, 5) is 12.6. The third-order valence-electron chi connectivity index (χ3n) is 2.18. The van der Waals surface area contributed by atoms with Crippen molar-refractivity contribution < 1.29 is 9.53 Å². The Balaban J connectivity index is 2.13. The zero-order valence-electron chi connectivity index (χ0n) is 9.71. The summed E-state index contributed by atoms with van der Waals surface area (Å²) in [5.41, 5.74) is 1.23. The fourth-order valence-corrected chi connectivity index (χ4v) is 2.05. The van der Waals surface area contributed by atoms with Crippen LogP contribution in [0.15, 0.2) is 11.4 Å². The largest absolute Gasteiger partial charge is 0.383 e. The van der Waals surface area contributed by atoms with Gasteiger partial charge in [-0.15, -0.1) is 11.3 Å². The van der Waals surface area contributed by atoms with E-state index >= 15 is 0 Å². The lowest BCUT2D eigenvalue weighted by molar-refractivity contribution is -0.120. The van der Waals surface area contributed by atoms with Crippen LogP contribution in [-0.4, -0.2) is 32.7 Å². The maximum absolute atomic E-state index is 11.4. The van der Waals surface area contributed by atoms with Crippen LogP contribution in [0.4, 0.5) is 0 Å². The monoisotopic (exact) mass is 242 g/mol. The molecule has 1 aromatic heterocycles. The number of carbonyl (C=O) groups excluding carboxylic acids is 1. The molecule has 16 heavy (non-hydrogen) atoms. The Bertz CT molecular complexity index is 326. The van der Waals surface area contributed by atoms with Crippen molar-refractivity contribution in [3.63, 3.8) is 0 Å². The topological polar surface area (TPSA) is 50.4 Å². The minimum Gasteiger partial charge on any atom is -0.383 e. The van der Waals surface area contributed by atoms with Gasteiger partial charge in [0.05, 0.1) is 19.7 Å². The first-order chi connectivity index (χ1) is 7.74. The predicted molar refractivity (Wildman–Crippen MR) is 65.6 cm³/mol. The third kappa shape index (κ3) is 4.74. The molecule has 0 fully saturated rings. The van der Waals surface area contributed by atoms with E-state index in [0.717, 1.165) is 0 Å². The van der Waals surface area contributed by atoms with Gasteiger partial charge in [-0.05, 0) is 23.9 Å². The highest BCUT2D eigenvalue weighted by Gasteiger charge is 2.03. The van der Waals surface area contributed by atoms with Crippen LogP contribution in [-0.2, 0) is 16.1 Å². The van der Waals surface area contributed by atoms with E-state index < -0.39 is 0 Å². The van der Waals surface area contributed by atoms with Gasteiger partial charge in [0.2, 0.25) is 5.91 Å². The van der Waals surface area contributed by atoms with Crippen LogP contribution in [0, 0.1) is 6.92 Å². The lowest BCUT2D eigenvalue weighted by Gasteiger charge is -2.05. The van der Waals surface area contributed by atoms with Gasteiger partial charge in [0, 0.05) is 18.5 Å². The highest BCUT2D eigenvalue weighted by Crippen LogP contribution is 2.14. The van der Waals surface area contributed by atoms with Crippen LogP contribution in [0.1, 0.15) is 10.4 Å². The van der Waals surface area contributed by atoms with Crippen molar-refractivity contribution in [2.24, 2.45) is 0 Å². The van der Waals surface area contributed by atoms with Crippen molar-refractivity contribution in [2.45, 2.75) is 13.5 Å². The number of hydrogen-bond acceptors (Lipinski definition) is 4. The van der Waals surface area contributed by atoms with E-state index in [0.29, 0.717) is 26.2 Å². The standard InChI is InChI=1S/C11H18N2O2S/c1-9-3-6-16-10(9)7-13-11(14)8-12-4-5-15-2/h3,6,12H,4-5,7-8H2,1-2H3,(H,13,14). The smallest absolute Gasteiger partial charge is 0.234 e. The molecule has 1 amide bonds. The van der Waals surface area contributed by atoms with Gasteiger partial charge < -0.3 is 15.4 Å². The number of ether oxygens (including phenoxy) is 1. The molecule has 5 heteroatoms. The molecule has 0 spiro atoms. The number of aryl methyl sites for hydroxylation is 1. The first kappa shape index (κ1) is 13.2. The minimum atomic E-state index is 0.0175. The second-order valence-electron chi connectivity index (χ2n) is 3.47. The number of rotatable bonds is 7.